The van der Waals surface area contributed by atoms with Gasteiger partial charge in [-0.3, -0.25) is 15.0 Å². The van der Waals surface area contributed by atoms with Crippen LogP contribution in [0.15, 0.2) is 266 Å². The Labute approximate surface area is 431 Å². The highest BCUT2D eigenvalue weighted by molar-refractivity contribution is 6.15. The second kappa shape index (κ2) is 17.3. The van der Waals surface area contributed by atoms with Crippen molar-refractivity contribution >= 4 is 65.7 Å². The summed E-state index contributed by atoms with van der Waals surface area (Å²) in [6.07, 6.45) is 5.61. The third kappa shape index (κ3) is 6.92. The number of furan rings is 1. The number of benzene rings is 9. The summed E-state index contributed by atoms with van der Waals surface area (Å²) in [5, 5.41) is 5.47. The first-order chi connectivity index (χ1) is 37.2. The molecule has 9 aromatic carbocycles. The topological polar surface area (TPSA) is 61.7 Å². The molecule has 0 spiro atoms. The Bertz CT molecular complexity index is 4560. The minimum absolute atomic E-state index is 0.820. The van der Waals surface area contributed by atoms with Gasteiger partial charge >= 0.3 is 0 Å². The van der Waals surface area contributed by atoms with Crippen LogP contribution in [0.2, 0.25) is 0 Å². The standard InChI is InChI=1S/C69H43N5O/c1-2-16-44(17-3-1)49-18-4-5-19-50(49)47-31-35-64-59(42-47)68-65(28-15-39-72-68)74(64)66-27-14-24-55-58-43-48(32-36-67(58)75-69(55)66)73-62-33-29-45(51-20-6-8-22-53(51)60-25-10-12-37-70-60)40-56(62)57-41-46(30-34-63(57)73)52-21-7-9-23-54(52)61-26-11-13-38-71-61/h1-43H. The number of rotatable bonds is 8. The summed E-state index contributed by atoms with van der Waals surface area (Å²) in [5.74, 6) is 0. The lowest BCUT2D eigenvalue weighted by Gasteiger charge is -2.11. The lowest BCUT2D eigenvalue weighted by molar-refractivity contribution is 0.666. The zero-order chi connectivity index (χ0) is 49.4. The van der Waals surface area contributed by atoms with E-state index in [9.17, 15) is 0 Å². The first kappa shape index (κ1) is 42.5. The molecule has 75 heavy (non-hydrogen) atoms. The first-order valence-corrected chi connectivity index (χ1v) is 25.3. The number of hydrogen-bond donors (Lipinski definition) is 0. The Kier molecular flexibility index (Phi) is 9.78. The van der Waals surface area contributed by atoms with Crippen LogP contribution >= 0.6 is 0 Å². The molecule has 0 radical (unpaired) electrons. The smallest absolute Gasteiger partial charge is 0.159 e. The molecule has 0 saturated carbocycles. The summed E-state index contributed by atoms with van der Waals surface area (Å²) in [6.45, 7) is 0. The molecular weight excluding hydrogens is 915 g/mol. The van der Waals surface area contributed by atoms with Crippen LogP contribution in [-0.4, -0.2) is 24.1 Å². The number of fused-ring (bicyclic) bond motifs is 9. The Morgan fingerprint density at radius 2 is 0.813 bits per heavy atom. The van der Waals surface area contributed by atoms with E-state index in [-0.39, 0.29) is 0 Å². The van der Waals surface area contributed by atoms with Crippen LogP contribution in [0, 0.1) is 0 Å². The Balaban J connectivity index is 0.905. The number of hydrogen-bond acceptors (Lipinski definition) is 4. The van der Waals surface area contributed by atoms with Gasteiger partial charge in [0.05, 0.1) is 44.7 Å². The maximum absolute atomic E-state index is 6.97. The maximum atomic E-state index is 6.97. The van der Waals surface area contributed by atoms with E-state index in [0.29, 0.717) is 0 Å². The number of pyridine rings is 3. The molecular formula is C69H43N5O. The van der Waals surface area contributed by atoms with E-state index in [1.807, 2.05) is 48.9 Å². The minimum atomic E-state index is 0.820. The number of para-hydroxylation sites is 1. The van der Waals surface area contributed by atoms with Gasteiger partial charge in [0.15, 0.2) is 5.58 Å². The van der Waals surface area contributed by atoms with E-state index >= 15 is 0 Å². The molecule has 15 rings (SSSR count). The average Bonchev–Trinajstić information content (AvgIpc) is 4.20. The summed E-state index contributed by atoms with van der Waals surface area (Å²) in [4.78, 5) is 14.5. The van der Waals surface area contributed by atoms with Crippen molar-refractivity contribution in [1.29, 1.82) is 0 Å². The van der Waals surface area contributed by atoms with Crippen molar-refractivity contribution in [3.05, 3.63) is 261 Å². The van der Waals surface area contributed by atoms with E-state index in [2.05, 4.69) is 221 Å². The monoisotopic (exact) mass is 957 g/mol. The molecule has 0 bridgehead atoms. The lowest BCUT2D eigenvalue weighted by Crippen LogP contribution is -1.94. The van der Waals surface area contributed by atoms with Crippen LogP contribution in [0.5, 0.6) is 0 Å². The van der Waals surface area contributed by atoms with E-state index in [1.54, 1.807) is 0 Å². The zero-order valence-corrected chi connectivity index (χ0v) is 40.5. The van der Waals surface area contributed by atoms with Gasteiger partial charge in [-0.25, -0.2) is 0 Å². The van der Waals surface area contributed by atoms with Crippen LogP contribution < -0.4 is 0 Å². The second-order valence-electron chi connectivity index (χ2n) is 19.1. The van der Waals surface area contributed by atoms with Gasteiger partial charge in [-0.2, -0.15) is 0 Å². The van der Waals surface area contributed by atoms with Gasteiger partial charge in [-0.15, -0.1) is 0 Å². The van der Waals surface area contributed by atoms with Crippen molar-refractivity contribution in [2.24, 2.45) is 0 Å². The van der Waals surface area contributed by atoms with Gasteiger partial charge in [0.25, 0.3) is 0 Å². The molecule has 6 heterocycles. The fourth-order valence-corrected chi connectivity index (χ4v) is 11.6. The van der Waals surface area contributed by atoms with Gasteiger partial charge in [0, 0.05) is 62.3 Å². The molecule has 0 N–H and O–H groups in total. The summed E-state index contributed by atoms with van der Waals surface area (Å²) in [5.41, 5.74) is 22.2. The Morgan fingerprint density at radius 3 is 1.41 bits per heavy atom. The third-order valence-corrected chi connectivity index (χ3v) is 14.9. The van der Waals surface area contributed by atoms with Crippen molar-refractivity contribution < 1.29 is 4.42 Å². The van der Waals surface area contributed by atoms with Crippen molar-refractivity contribution in [2.45, 2.75) is 0 Å². The van der Waals surface area contributed by atoms with Crippen molar-refractivity contribution in [3.63, 3.8) is 0 Å². The molecule has 15 aromatic rings. The summed E-state index contributed by atoms with van der Waals surface area (Å²) < 4.78 is 11.7. The quantitative estimate of drug-likeness (QED) is 0.152. The highest BCUT2D eigenvalue weighted by Gasteiger charge is 2.22. The zero-order valence-electron chi connectivity index (χ0n) is 40.5. The van der Waals surface area contributed by atoms with Crippen LogP contribution in [0.4, 0.5) is 0 Å². The van der Waals surface area contributed by atoms with Gasteiger partial charge in [0.1, 0.15) is 5.58 Å². The normalized spacial score (nSPS) is 11.7. The molecule has 0 atom stereocenters. The first-order valence-electron chi connectivity index (χ1n) is 25.3. The number of nitrogens with zero attached hydrogens (tertiary/aromatic N) is 5. The summed E-state index contributed by atoms with van der Waals surface area (Å²) in [6, 6.07) is 86.4. The molecule has 350 valence electrons. The molecule has 0 fully saturated rings. The lowest BCUT2D eigenvalue weighted by atomic mass is 9.94. The fourth-order valence-electron chi connectivity index (χ4n) is 11.6. The third-order valence-electron chi connectivity index (χ3n) is 14.9. The van der Waals surface area contributed by atoms with Gasteiger partial charge in [0.2, 0.25) is 0 Å². The van der Waals surface area contributed by atoms with Crippen molar-refractivity contribution in [2.75, 3.05) is 0 Å². The molecule has 0 aliphatic rings. The van der Waals surface area contributed by atoms with Crippen molar-refractivity contribution in [3.8, 4) is 78.4 Å². The molecule has 0 unspecified atom stereocenters. The Morgan fingerprint density at radius 1 is 0.293 bits per heavy atom. The molecule has 0 saturated heterocycles. The van der Waals surface area contributed by atoms with Crippen molar-refractivity contribution in [1.82, 2.24) is 24.1 Å². The van der Waals surface area contributed by atoms with Gasteiger partial charge in [-0.05, 0) is 142 Å². The molecule has 6 heteroatoms. The highest BCUT2D eigenvalue weighted by Crippen LogP contribution is 2.44. The molecule has 0 aliphatic carbocycles. The van der Waals surface area contributed by atoms with Gasteiger partial charge in [-0.1, -0.05) is 146 Å². The molecule has 6 aromatic heterocycles. The number of aromatic nitrogens is 5. The fraction of sp³-hybridized carbons (Fsp3) is 0. The molecule has 0 amide bonds. The molecule has 6 nitrogen and oxygen atoms in total. The SMILES string of the molecule is c1ccc(-c2ccccc2-c2ccc3c(c2)c2ncccc2n3-c2cccc3c2oc2ccc(-n4c5ccc(-c6ccccc6-c6ccccn6)cc5c5cc(-c6ccccc6-c6ccccn6)ccc54)cc23)cc1. The van der Waals surface area contributed by atoms with Crippen LogP contribution in [0.25, 0.3) is 144 Å². The average molecular weight is 958 g/mol. The second-order valence-corrected chi connectivity index (χ2v) is 19.1. The largest absolute Gasteiger partial charge is 0.454 e. The summed E-state index contributed by atoms with van der Waals surface area (Å²) in [7, 11) is 0. The summed E-state index contributed by atoms with van der Waals surface area (Å²) >= 11 is 0. The van der Waals surface area contributed by atoms with E-state index < -0.39 is 0 Å². The molecule has 0 aliphatic heterocycles. The van der Waals surface area contributed by atoms with Crippen LogP contribution in [0.1, 0.15) is 0 Å². The Hall–Kier alpha value is -10.2. The minimum Gasteiger partial charge on any atom is -0.454 e. The van der Waals surface area contributed by atoms with E-state index in [0.717, 1.165) is 127 Å². The van der Waals surface area contributed by atoms with Crippen LogP contribution in [0.3, 0.4) is 0 Å². The van der Waals surface area contributed by atoms with E-state index in [4.69, 9.17) is 19.4 Å². The van der Waals surface area contributed by atoms with Gasteiger partial charge < -0.3 is 13.6 Å². The maximum Gasteiger partial charge on any atom is 0.159 e. The van der Waals surface area contributed by atoms with Crippen LogP contribution in [-0.2, 0) is 0 Å². The highest BCUT2D eigenvalue weighted by atomic mass is 16.3. The predicted octanol–water partition coefficient (Wildman–Crippen LogP) is 18.0. The predicted molar refractivity (Wildman–Crippen MR) is 308 cm³/mol. The van der Waals surface area contributed by atoms with E-state index in [1.165, 1.54) is 16.7 Å².